The molecular weight excluding hydrogens is 370 g/mol. The zero-order valence-corrected chi connectivity index (χ0v) is 16.1. The van der Waals surface area contributed by atoms with Crippen LogP contribution in [0.5, 0.6) is 0 Å². The molecular formula is C19H22ClN3O2S. The molecule has 2 aromatic carbocycles. The third-order valence-corrected chi connectivity index (χ3v) is 4.75. The van der Waals surface area contributed by atoms with Crippen molar-refractivity contribution in [3.05, 3.63) is 59.6 Å². The molecule has 2 N–H and O–H groups in total. The highest BCUT2D eigenvalue weighted by atomic mass is 35.5. The fraction of sp³-hybridized carbons (Fsp3) is 0.263. The molecule has 0 atom stereocenters. The van der Waals surface area contributed by atoms with Gasteiger partial charge in [-0.3, -0.25) is 14.5 Å². The fourth-order valence-corrected chi connectivity index (χ4v) is 3.20. The van der Waals surface area contributed by atoms with Crippen molar-refractivity contribution in [3.63, 3.8) is 0 Å². The van der Waals surface area contributed by atoms with E-state index in [1.807, 2.05) is 30.3 Å². The van der Waals surface area contributed by atoms with Gasteiger partial charge in [0.2, 0.25) is 11.8 Å². The summed E-state index contributed by atoms with van der Waals surface area (Å²) in [6.45, 7) is 0.849. The molecule has 0 aromatic heterocycles. The summed E-state index contributed by atoms with van der Waals surface area (Å²) in [4.78, 5) is 26.8. The molecule has 0 unspecified atom stereocenters. The van der Waals surface area contributed by atoms with Gasteiger partial charge in [-0.2, -0.15) is 0 Å². The first kappa shape index (κ1) is 20.3. The summed E-state index contributed by atoms with van der Waals surface area (Å²) in [6, 6.07) is 17.1. The van der Waals surface area contributed by atoms with Gasteiger partial charge >= 0.3 is 0 Å². The molecule has 0 bridgehead atoms. The number of likely N-dealkylation sites (N-methyl/N-ethyl adjacent to an activating group) is 1. The van der Waals surface area contributed by atoms with Crippen LogP contribution < -0.4 is 10.6 Å². The minimum atomic E-state index is -0.215. The Balaban J connectivity index is 1.63. The number of nitrogens with one attached hydrogen (secondary N) is 2. The Morgan fingerprint density at radius 3 is 2.38 bits per heavy atom. The number of carbonyl (C=O) groups excluding carboxylic acids is 2. The van der Waals surface area contributed by atoms with Crippen LogP contribution in [0.1, 0.15) is 0 Å². The molecule has 0 aliphatic heterocycles. The van der Waals surface area contributed by atoms with Gasteiger partial charge < -0.3 is 10.6 Å². The van der Waals surface area contributed by atoms with Gasteiger partial charge in [0.05, 0.1) is 23.8 Å². The summed E-state index contributed by atoms with van der Waals surface area (Å²) in [6.07, 6.45) is 0. The predicted molar refractivity (Wildman–Crippen MR) is 108 cm³/mol. The SMILES string of the molecule is CN(CC(=O)NCCSc1ccccc1)CC(=O)Nc1ccccc1Cl. The number of thioether (sulfide) groups is 1. The Morgan fingerprint density at radius 1 is 1.00 bits per heavy atom. The number of amides is 2. The summed E-state index contributed by atoms with van der Waals surface area (Å²) in [5, 5.41) is 6.08. The van der Waals surface area contributed by atoms with Gasteiger partial charge in [0.15, 0.2) is 0 Å². The van der Waals surface area contributed by atoms with Crippen LogP contribution in [0.3, 0.4) is 0 Å². The summed E-state index contributed by atoms with van der Waals surface area (Å²) in [5.74, 6) is 0.478. The average molecular weight is 392 g/mol. The summed E-state index contributed by atoms with van der Waals surface area (Å²) < 4.78 is 0. The number of benzene rings is 2. The fourth-order valence-electron chi connectivity index (χ4n) is 2.23. The van der Waals surface area contributed by atoms with E-state index in [1.165, 1.54) is 4.90 Å². The first-order chi connectivity index (χ1) is 12.5. The summed E-state index contributed by atoms with van der Waals surface area (Å²) in [5.41, 5.74) is 0.565. The normalized spacial score (nSPS) is 10.6. The lowest BCUT2D eigenvalue weighted by Gasteiger charge is -2.16. The number of hydrogen-bond acceptors (Lipinski definition) is 4. The highest BCUT2D eigenvalue weighted by Crippen LogP contribution is 2.20. The maximum absolute atomic E-state index is 12.0. The van der Waals surface area contributed by atoms with Crippen LogP contribution in [0.4, 0.5) is 5.69 Å². The number of nitrogens with zero attached hydrogens (tertiary/aromatic N) is 1. The van der Waals surface area contributed by atoms with Gasteiger partial charge in [-0.15, -0.1) is 11.8 Å². The molecule has 2 aromatic rings. The van der Waals surface area contributed by atoms with E-state index >= 15 is 0 Å². The molecule has 0 heterocycles. The quantitative estimate of drug-likeness (QED) is 0.509. The first-order valence-corrected chi connectivity index (χ1v) is 9.58. The number of hydrogen-bond donors (Lipinski definition) is 2. The third kappa shape index (κ3) is 7.47. The zero-order valence-electron chi connectivity index (χ0n) is 14.6. The van der Waals surface area contributed by atoms with Crippen molar-refractivity contribution in [3.8, 4) is 0 Å². The van der Waals surface area contributed by atoms with Gasteiger partial charge in [0.25, 0.3) is 0 Å². The van der Waals surface area contributed by atoms with Crippen molar-refractivity contribution in [1.82, 2.24) is 10.2 Å². The van der Waals surface area contributed by atoms with E-state index in [-0.39, 0.29) is 24.9 Å². The van der Waals surface area contributed by atoms with Crippen molar-refractivity contribution in [2.45, 2.75) is 4.90 Å². The number of halogens is 1. The van der Waals surface area contributed by atoms with Crippen molar-refractivity contribution in [2.24, 2.45) is 0 Å². The monoisotopic (exact) mass is 391 g/mol. The van der Waals surface area contributed by atoms with Crippen molar-refractivity contribution in [1.29, 1.82) is 0 Å². The number of para-hydroxylation sites is 1. The molecule has 2 amide bonds. The number of anilines is 1. The minimum absolute atomic E-state index is 0.105. The molecule has 0 saturated heterocycles. The Labute approximate surface area is 163 Å². The van der Waals surface area contributed by atoms with Crippen LogP contribution >= 0.6 is 23.4 Å². The van der Waals surface area contributed by atoms with Gasteiger partial charge in [0.1, 0.15) is 0 Å². The predicted octanol–water partition coefficient (Wildman–Crippen LogP) is 3.12. The van der Waals surface area contributed by atoms with Crippen LogP contribution in [0, 0.1) is 0 Å². The molecule has 0 radical (unpaired) electrons. The molecule has 0 fully saturated rings. The maximum Gasteiger partial charge on any atom is 0.238 e. The molecule has 0 aliphatic rings. The van der Waals surface area contributed by atoms with E-state index in [2.05, 4.69) is 10.6 Å². The molecule has 7 heteroatoms. The van der Waals surface area contributed by atoms with Gasteiger partial charge in [0, 0.05) is 17.2 Å². The molecule has 5 nitrogen and oxygen atoms in total. The third-order valence-electron chi connectivity index (χ3n) is 3.41. The lowest BCUT2D eigenvalue weighted by atomic mass is 10.3. The van der Waals surface area contributed by atoms with Crippen molar-refractivity contribution in [2.75, 3.05) is 37.8 Å². The smallest absolute Gasteiger partial charge is 0.238 e. The lowest BCUT2D eigenvalue weighted by Crippen LogP contribution is -2.39. The first-order valence-electron chi connectivity index (χ1n) is 8.22. The van der Waals surface area contributed by atoms with E-state index in [4.69, 9.17) is 11.6 Å². The maximum atomic E-state index is 12.0. The van der Waals surface area contributed by atoms with E-state index < -0.39 is 0 Å². The second-order valence-electron chi connectivity index (χ2n) is 5.71. The van der Waals surface area contributed by atoms with E-state index in [0.717, 1.165) is 5.75 Å². The molecule has 0 saturated carbocycles. The Bertz CT molecular complexity index is 728. The number of carbonyl (C=O) groups is 2. The highest BCUT2D eigenvalue weighted by Gasteiger charge is 2.11. The van der Waals surface area contributed by atoms with Crippen LogP contribution in [0.15, 0.2) is 59.5 Å². The topological polar surface area (TPSA) is 61.4 Å². The molecule has 0 spiro atoms. The second kappa shape index (κ2) is 10.9. The number of rotatable bonds is 9. The molecule has 0 aliphatic carbocycles. The Kier molecular flexibility index (Phi) is 8.47. The largest absolute Gasteiger partial charge is 0.354 e. The standard InChI is InChI=1S/C19H22ClN3O2S/c1-23(14-19(25)22-17-10-6-5-9-16(17)20)13-18(24)21-11-12-26-15-7-3-2-4-8-15/h2-10H,11-14H2,1H3,(H,21,24)(H,22,25). The van der Waals surface area contributed by atoms with E-state index in [1.54, 1.807) is 48.0 Å². The average Bonchev–Trinajstić information content (AvgIpc) is 2.61. The molecule has 138 valence electrons. The Morgan fingerprint density at radius 2 is 1.65 bits per heavy atom. The lowest BCUT2D eigenvalue weighted by molar-refractivity contribution is -0.122. The van der Waals surface area contributed by atoms with Gasteiger partial charge in [-0.1, -0.05) is 41.9 Å². The van der Waals surface area contributed by atoms with E-state index in [9.17, 15) is 9.59 Å². The molecule has 2 rings (SSSR count). The summed E-state index contributed by atoms with van der Waals surface area (Å²) >= 11 is 7.70. The van der Waals surface area contributed by atoms with Crippen molar-refractivity contribution >= 4 is 40.9 Å². The van der Waals surface area contributed by atoms with Crippen LogP contribution in [0.2, 0.25) is 5.02 Å². The molecule has 26 heavy (non-hydrogen) atoms. The van der Waals surface area contributed by atoms with Gasteiger partial charge in [-0.05, 0) is 31.3 Å². The second-order valence-corrected chi connectivity index (χ2v) is 7.29. The minimum Gasteiger partial charge on any atom is -0.354 e. The van der Waals surface area contributed by atoms with Gasteiger partial charge in [-0.25, -0.2) is 0 Å². The highest BCUT2D eigenvalue weighted by molar-refractivity contribution is 7.99. The van der Waals surface area contributed by atoms with Crippen molar-refractivity contribution < 1.29 is 9.59 Å². The Hall–Kier alpha value is -2.02. The van der Waals surface area contributed by atoms with E-state index in [0.29, 0.717) is 17.3 Å². The summed E-state index contributed by atoms with van der Waals surface area (Å²) in [7, 11) is 1.73. The van der Waals surface area contributed by atoms with Crippen LogP contribution in [0.25, 0.3) is 0 Å². The van der Waals surface area contributed by atoms with Crippen LogP contribution in [-0.2, 0) is 9.59 Å². The van der Waals surface area contributed by atoms with Crippen LogP contribution in [-0.4, -0.2) is 49.1 Å². The zero-order chi connectivity index (χ0) is 18.8.